The largest absolute Gasteiger partial charge is 0.444 e. The number of hydrogen-bond donors (Lipinski definition) is 1. The molecule has 1 atom stereocenters. The molecule has 1 saturated heterocycles. The van der Waals surface area contributed by atoms with Crippen molar-refractivity contribution in [3.05, 3.63) is 0 Å². The maximum atomic E-state index is 11.8. The van der Waals surface area contributed by atoms with Crippen LogP contribution in [0.1, 0.15) is 20.8 Å². The Morgan fingerprint density at radius 2 is 1.89 bits per heavy atom. The van der Waals surface area contributed by atoms with Crippen molar-refractivity contribution in [1.29, 1.82) is 0 Å². The lowest BCUT2D eigenvalue weighted by Gasteiger charge is -2.36. The van der Waals surface area contributed by atoms with Gasteiger partial charge in [-0.3, -0.25) is 4.90 Å². The first kappa shape index (κ1) is 15.5. The number of hydrogen-bond acceptors (Lipinski definition) is 4. The lowest BCUT2D eigenvalue weighted by molar-refractivity contribution is 0.0111. The summed E-state index contributed by atoms with van der Waals surface area (Å²) in [6.07, 6.45) is -0.764. The molecule has 106 valence electrons. The van der Waals surface area contributed by atoms with Gasteiger partial charge in [-0.05, 0) is 20.8 Å². The Balaban J connectivity index is 2.33. The highest BCUT2D eigenvalue weighted by Crippen LogP contribution is 2.12. The van der Waals surface area contributed by atoms with Crippen molar-refractivity contribution < 1.29 is 14.6 Å². The van der Waals surface area contributed by atoms with E-state index in [0.717, 1.165) is 13.1 Å². The number of β-amino-alcohol motifs (C(OH)–C–C–N with tert-alkyl or cyclic N) is 1. The Kier molecular flexibility index (Phi) is 5.69. The molecule has 5 nitrogen and oxygen atoms in total. The van der Waals surface area contributed by atoms with E-state index in [1.54, 1.807) is 4.90 Å². The first-order valence-corrected chi connectivity index (χ1v) is 6.79. The molecule has 0 radical (unpaired) electrons. The SMILES string of the molecule is CC(C)(C)OC(=O)N1CCN(C[C@@H](O)CCl)CC1. The number of aliphatic hydroxyl groups excluding tert-OH is 1. The second-order valence-electron chi connectivity index (χ2n) is 5.58. The fraction of sp³-hybridized carbons (Fsp3) is 0.917. The topological polar surface area (TPSA) is 53.0 Å². The van der Waals surface area contributed by atoms with Crippen LogP contribution in [-0.4, -0.2) is 71.3 Å². The summed E-state index contributed by atoms with van der Waals surface area (Å²) in [4.78, 5) is 15.6. The fourth-order valence-corrected chi connectivity index (χ4v) is 1.88. The third-order valence-corrected chi connectivity index (χ3v) is 3.03. The number of piperazine rings is 1. The summed E-state index contributed by atoms with van der Waals surface area (Å²) in [5.74, 6) is 0.242. The highest BCUT2D eigenvalue weighted by Gasteiger charge is 2.26. The summed E-state index contributed by atoms with van der Waals surface area (Å²) in [5, 5.41) is 9.46. The van der Waals surface area contributed by atoms with E-state index in [-0.39, 0.29) is 12.0 Å². The number of alkyl halides is 1. The Morgan fingerprint density at radius 3 is 2.33 bits per heavy atom. The number of nitrogens with zero attached hydrogens (tertiary/aromatic N) is 2. The van der Waals surface area contributed by atoms with E-state index in [2.05, 4.69) is 4.90 Å². The van der Waals surface area contributed by atoms with Gasteiger partial charge in [0.05, 0.1) is 6.10 Å². The number of halogens is 1. The van der Waals surface area contributed by atoms with Crippen molar-refractivity contribution in [2.45, 2.75) is 32.5 Å². The molecule has 1 N–H and O–H groups in total. The summed E-state index contributed by atoms with van der Waals surface area (Å²) in [7, 11) is 0. The molecular weight excluding hydrogens is 256 g/mol. The van der Waals surface area contributed by atoms with Crippen LogP contribution in [0.15, 0.2) is 0 Å². The summed E-state index contributed by atoms with van der Waals surface area (Å²) < 4.78 is 5.31. The molecule has 0 aromatic rings. The molecule has 18 heavy (non-hydrogen) atoms. The van der Waals surface area contributed by atoms with Crippen molar-refractivity contribution in [3.63, 3.8) is 0 Å². The summed E-state index contributed by atoms with van der Waals surface area (Å²) >= 11 is 5.56. The molecule has 1 heterocycles. The molecular formula is C12H23ClN2O3. The quantitative estimate of drug-likeness (QED) is 0.787. The van der Waals surface area contributed by atoms with Crippen molar-refractivity contribution >= 4 is 17.7 Å². The molecule has 0 unspecified atom stereocenters. The first-order valence-electron chi connectivity index (χ1n) is 6.26. The minimum Gasteiger partial charge on any atom is -0.444 e. The molecule has 1 amide bonds. The number of aliphatic hydroxyl groups is 1. The van der Waals surface area contributed by atoms with Crippen LogP contribution in [0.25, 0.3) is 0 Å². The molecule has 1 aliphatic rings. The van der Waals surface area contributed by atoms with Crippen LogP contribution in [0.5, 0.6) is 0 Å². The first-order chi connectivity index (χ1) is 8.31. The predicted octanol–water partition coefficient (Wildman–Crippen LogP) is 1.14. The summed E-state index contributed by atoms with van der Waals surface area (Å²) in [5.41, 5.74) is -0.455. The Labute approximate surface area is 114 Å². The van der Waals surface area contributed by atoms with E-state index in [1.807, 2.05) is 20.8 Å². The number of carbonyl (C=O) groups excluding carboxylic acids is 1. The second-order valence-corrected chi connectivity index (χ2v) is 5.88. The third-order valence-electron chi connectivity index (χ3n) is 2.67. The lowest BCUT2D eigenvalue weighted by atomic mass is 10.2. The molecule has 0 aromatic carbocycles. The second kappa shape index (κ2) is 6.59. The Morgan fingerprint density at radius 1 is 1.33 bits per heavy atom. The summed E-state index contributed by atoms with van der Waals surface area (Å²) in [6, 6.07) is 0. The van der Waals surface area contributed by atoms with Crippen LogP contribution in [0, 0.1) is 0 Å². The normalized spacial score (nSPS) is 19.7. The van der Waals surface area contributed by atoms with Gasteiger partial charge in [0, 0.05) is 38.6 Å². The smallest absolute Gasteiger partial charge is 0.410 e. The van der Waals surface area contributed by atoms with Crippen molar-refractivity contribution in [1.82, 2.24) is 9.80 Å². The van der Waals surface area contributed by atoms with E-state index in [4.69, 9.17) is 16.3 Å². The van der Waals surface area contributed by atoms with Crippen molar-refractivity contribution in [3.8, 4) is 0 Å². The number of amides is 1. The van der Waals surface area contributed by atoms with Crippen LogP contribution < -0.4 is 0 Å². The monoisotopic (exact) mass is 278 g/mol. The van der Waals surface area contributed by atoms with Gasteiger partial charge in [-0.1, -0.05) is 0 Å². The van der Waals surface area contributed by atoms with Crippen LogP contribution in [0.3, 0.4) is 0 Å². The number of rotatable bonds is 3. The summed E-state index contributed by atoms with van der Waals surface area (Å²) in [6.45, 7) is 8.88. The van der Waals surface area contributed by atoms with Crippen molar-refractivity contribution in [2.75, 3.05) is 38.6 Å². The van der Waals surface area contributed by atoms with Gasteiger partial charge in [-0.15, -0.1) is 11.6 Å². The Hall–Kier alpha value is -0.520. The van der Waals surface area contributed by atoms with Gasteiger partial charge < -0.3 is 14.7 Å². The third kappa shape index (κ3) is 5.42. The minimum absolute atomic E-state index is 0.242. The zero-order chi connectivity index (χ0) is 13.8. The van der Waals surface area contributed by atoms with Gasteiger partial charge in [0.25, 0.3) is 0 Å². The van der Waals surface area contributed by atoms with E-state index in [1.165, 1.54) is 0 Å². The standard InChI is InChI=1S/C12H23ClN2O3/c1-12(2,3)18-11(17)15-6-4-14(5-7-15)9-10(16)8-13/h10,16H,4-9H2,1-3H3/t10-/m0/s1. The number of carbonyl (C=O) groups is 1. The molecule has 0 spiro atoms. The number of ether oxygens (including phenoxy) is 1. The maximum absolute atomic E-state index is 11.8. The molecule has 0 saturated carbocycles. The molecule has 0 aliphatic carbocycles. The predicted molar refractivity (Wildman–Crippen MR) is 71.0 cm³/mol. The lowest BCUT2D eigenvalue weighted by Crippen LogP contribution is -2.51. The van der Waals surface area contributed by atoms with E-state index >= 15 is 0 Å². The van der Waals surface area contributed by atoms with Crippen molar-refractivity contribution in [2.24, 2.45) is 0 Å². The zero-order valence-electron chi connectivity index (χ0n) is 11.4. The van der Waals surface area contributed by atoms with Crippen LogP contribution in [-0.2, 0) is 4.74 Å². The minimum atomic E-state index is -0.500. The van der Waals surface area contributed by atoms with Crippen LogP contribution in [0.4, 0.5) is 4.79 Å². The van der Waals surface area contributed by atoms with Gasteiger partial charge in [0.2, 0.25) is 0 Å². The zero-order valence-corrected chi connectivity index (χ0v) is 12.1. The molecule has 1 aliphatic heterocycles. The highest BCUT2D eigenvalue weighted by atomic mass is 35.5. The molecule has 0 bridgehead atoms. The maximum Gasteiger partial charge on any atom is 0.410 e. The van der Waals surface area contributed by atoms with Gasteiger partial charge in [0.15, 0.2) is 0 Å². The van der Waals surface area contributed by atoms with Gasteiger partial charge >= 0.3 is 6.09 Å². The molecule has 1 rings (SSSR count). The molecule has 1 fully saturated rings. The molecule has 6 heteroatoms. The van der Waals surface area contributed by atoms with Gasteiger partial charge in [0.1, 0.15) is 5.60 Å². The van der Waals surface area contributed by atoms with E-state index in [9.17, 15) is 9.90 Å². The highest BCUT2D eigenvalue weighted by molar-refractivity contribution is 6.18. The molecule has 0 aromatic heterocycles. The van der Waals surface area contributed by atoms with Gasteiger partial charge in [-0.2, -0.15) is 0 Å². The van der Waals surface area contributed by atoms with E-state index in [0.29, 0.717) is 19.6 Å². The van der Waals surface area contributed by atoms with E-state index < -0.39 is 11.7 Å². The van der Waals surface area contributed by atoms with Gasteiger partial charge in [-0.25, -0.2) is 4.79 Å². The Bertz CT molecular complexity index is 273. The average molecular weight is 279 g/mol. The average Bonchev–Trinajstić information content (AvgIpc) is 2.27. The fourth-order valence-electron chi connectivity index (χ4n) is 1.79. The van der Waals surface area contributed by atoms with Crippen LogP contribution in [0.2, 0.25) is 0 Å². The van der Waals surface area contributed by atoms with Crippen LogP contribution >= 0.6 is 11.6 Å².